The normalized spacial score (nSPS) is 15.3. The number of nitrogens with zero attached hydrogens (tertiary/aromatic N) is 2. The summed E-state index contributed by atoms with van der Waals surface area (Å²) in [5.74, 6) is 0.220. The maximum Gasteiger partial charge on any atom is 0.263 e. The largest absolute Gasteiger partial charge is 0.343 e. The quantitative estimate of drug-likeness (QED) is 0.832. The molecule has 18 heavy (non-hydrogen) atoms. The van der Waals surface area contributed by atoms with Crippen LogP contribution in [0.25, 0.3) is 0 Å². The maximum atomic E-state index is 12.0. The van der Waals surface area contributed by atoms with E-state index >= 15 is 0 Å². The fraction of sp³-hybridized carbons (Fsp3) is 0.538. The highest BCUT2D eigenvalue weighted by molar-refractivity contribution is 7.12. The highest BCUT2D eigenvalue weighted by atomic mass is 32.1. The van der Waals surface area contributed by atoms with Crippen molar-refractivity contribution in [1.82, 2.24) is 9.80 Å². The van der Waals surface area contributed by atoms with E-state index in [0.29, 0.717) is 13.1 Å². The van der Waals surface area contributed by atoms with Crippen LogP contribution in [0.4, 0.5) is 0 Å². The molecule has 0 saturated carbocycles. The van der Waals surface area contributed by atoms with Gasteiger partial charge in [0.2, 0.25) is 5.91 Å². The number of thiophene rings is 1. The van der Waals surface area contributed by atoms with Crippen LogP contribution < -0.4 is 0 Å². The third-order valence-corrected chi connectivity index (χ3v) is 4.18. The number of hydrogen-bond acceptors (Lipinski definition) is 3. The predicted octanol–water partition coefficient (Wildman–Crippen LogP) is 1.69. The summed E-state index contributed by atoms with van der Waals surface area (Å²) in [5.41, 5.74) is 0. The Balaban J connectivity index is 1.87. The molecule has 0 radical (unpaired) electrons. The lowest BCUT2D eigenvalue weighted by Crippen LogP contribution is -2.56. The molecule has 0 spiro atoms. The van der Waals surface area contributed by atoms with Gasteiger partial charge in [0.1, 0.15) is 0 Å². The topological polar surface area (TPSA) is 40.6 Å². The van der Waals surface area contributed by atoms with E-state index in [1.807, 2.05) is 36.3 Å². The van der Waals surface area contributed by atoms with Crippen LogP contribution in [-0.4, -0.2) is 47.8 Å². The van der Waals surface area contributed by atoms with Crippen LogP contribution in [-0.2, 0) is 4.79 Å². The average molecular weight is 266 g/mol. The molecular formula is C13H18N2O2S. The molecule has 1 aromatic heterocycles. The first-order valence-corrected chi connectivity index (χ1v) is 7.16. The van der Waals surface area contributed by atoms with E-state index < -0.39 is 0 Å². The molecule has 4 nitrogen and oxygen atoms in total. The van der Waals surface area contributed by atoms with Crippen molar-refractivity contribution in [3.05, 3.63) is 22.4 Å². The van der Waals surface area contributed by atoms with E-state index in [1.165, 1.54) is 11.3 Å². The van der Waals surface area contributed by atoms with Crippen LogP contribution in [0.3, 0.4) is 0 Å². The summed E-state index contributed by atoms with van der Waals surface area (Å²) in [6, 6.07) is 3.70. The van der Waals surface area contributed by atoms with Gasteiger partial charge in [-0.3, -0.25) is 9.59 Å². The first-order valence-electron chi connectivity index (χ1n) is 6.28. The molecule has 2 heterocycles. The van der Waals surface area contributed by atoms with Gasteiger partial charge in [-0.1, -0.05) is 6.07 Å². The number of rotatable bonds is 4. The van der Waals surface area contributed by atoms with Crippen LogP contribution in [0.1, 0.15) is 23.5 Å². The third-order valence-electron chi connectivity index (χ3n) is 3.33. The predicted molar refractivity (Wildman–Crippen MR) is 71.6 cm³/mol. The second-order valence-electron chi connectivity index (χ2n) is 4.39. The fourth-order valence-electron chi connectivity index (χ4n) is 2.15. The molecule has 98 valence electrons. The molecular weight excluding hydrogens is 248 g/mol. The Bertz CT molecular complexity index is 420. The summed E-state index contributed by atoms with van der Waals surface area (Å²) in [7, 11) is 0. The minimum atomic E-state index is -0.00573. The molecule has 0 aliphatic carbocycles. The van der Waals surface area contributed by atoms with Gasteiger partial charge in [-0.15, -0.1) is 11.3 Å². The zero-order valence-electron chi connectivity index (χ0n) is 10.8. The number of carbonyl (C=O) groups is 2. The molecule has 2 amide bonds. The molecule has 0 aromatic carbocycles. The van der Waals surface area contributed by atoms with Crippen LogP contribution in [0.5, 0.6) is 0 Å². The molecule has 1 fully saturated rings. The molecule has 5 heteroatoms. The van der Waals surface area contributed by atoms with Gasteiger partial charge in [-0.2, -0.15) is 0 Å². The second-order valence-corrected chi connectivity index (χ2v) is 5.34. The van der Waals surface area contributed by atoms with Gasteiger partial charge in [0.15, 0.2) is 0 Å². The van der Waals surface area contributed by atoms with Crippen LogP contribution in [0, 0.1) is 5.92 Å². The van der Waals surface area contributed by atoms with Gasteiger partial charge in [0.25, 0.3) is 5.91 Å². The molecule has 2 rings (SSSR count). The number of amides is 2. The number of hydrogen-bond donors (Lipinski definition) is 0. The van der Waals surface area contributed by atoms with Crippen molar-refractivity contribution in [2.45, 2.75) is 13.8 Å². The van der Waals surface area contributed by atoms with Crippen LogP contribution in [0.15, 0.2) is 17.5 Å². The van der Waals surface area contributed by atoms with Crippen LogP contribution in [0.2, 0.25) is 0 Å². The standard InChI is InChI=1S/C13H18N2O2S/c1-3-14(4-2)12(16)10-8-15(9-10)13(17)11-6-5-7-18-11/h5-7,10H,3-4,8-9H2,1-2H3. The monoisotopic (exact) mass is 266 g/mol. The molecule has 0 atom stereocenters. The molecule has 1 aliphatic rings. The highest BCUT2D eigenvalue weighted by Gasteiger charge is 2.37. The third kappa shape index (κ3) is 2.41. The molecule has 1 aromatic rings. The van der Waals surface area contributed by atoms with Crippen molar-refractivity contribution in [2.24, 2.45) is 5.92 Å². The van der Waals surface area contributed by atoms with Crippen molar-refractivity contribution in [2.75, 3.05) is 26.2 Å². The molecule has 0 bridgehead atoms. The Morgan fingerprint density at radius 2 is 2.06 bits per heavy atom. The zero-order valence-corrected chi connectivity index (χ0v) is 11.6. The summed E-state index contributed by atoms with van der Waals surface area (Å²) >= 11 is 1.45. The Labute approximate surface area is 111 Å². The van der Waals surface area contributed by atoms with Crippen molar-refractivity contribution in [3.8, 4) is 0 Å². The van der Waals surface area contributed by atoms with Gasteiger partial charge in [0, 0.05) is 26.2 Å². The SMILES string of the molecule is CCN(CC)C(=O)C1CN(C(=O)c2cccs2)C1. The van der Waals surface area contributed by atoms with Crippen molar-refractivity contribution in [3.63, 3.8) is 0 Å². The average Bonchev–Trinajstić information content (AvgIpc) is 2.81. The number of carbonyl (C=O) groups excluding carboxylic acids is 2. The molecule has 1 aliphatic heterocycles. The van der Waals surface area contributed by atoms with Crippen LogP contribution >= 0.6 is 11.3 Å². The Morgan fingerprint density at radius 3 is 2.56 bits per heavy atom. The van der Waals surface area contributed by atoms with E-state index in [9.17, 15) is 9.59 Å². The Hall–Kier alpha value is -1.36. The van der Waals surface area contributed by atoms with Crippen molar-refractivity contribution >= 4 is 23.2 Å². The lowest BCUT2D eigenvalue weighted by molar-refractivity contribution is -0.139. The Kier molecular flexibility index (Phi) is 4.01. The van der Waals surface area contributed by atoms with Gasteiger partial charge in [-0.25, -0.2) is 0 Å². The van der Waals surface area contributed by atoms with Gasteiger partial charge >= 0.3 is 0 Å². The van der Waals surface area contributed by atoms with Gasteiger partial charge in [-0.05, 0) is 25.3 Å². The second kappa shape index (κ2) is 5.52. The molecule has 0 unspecified atom stereocenters. The van der Waals surface area contributed by atoms with E-state index in [1.54, 1.807) is 4.90 Å². The highest BCUT2D eigenvalue weighted by Crippen LogP contribution is 2.22. The lowest BCUT2D eigenvalue weighted by atomic mass is 9.98. The summed E-state index contributed by atoms with van der Waals surface area (Å²) in [4.78, 5) is 28.3. The summed E-state index contributed by atoms with van der Waals surface area (Å²) in [6.45, 7) is 6.57. The molecule has 0 N–H and O–H groups in total. The minimum absolute atomic E-state index is 0.00573. The van der Waals surface area contributed by atoms with Crippen molar-refractivity contribution < 1.29 is 9.59 Å². The smallest absolute Gasteiger partial charge is 0.263 e. The lowest BCUT2D eigenvalue weighted by Gasteiger charge is -2.40. The summed E-state index contributed by atoms with van der Waals surface area (Å²) in [6.07, 6.45) is 0. The number of likely N-dealkylation sites (tertiary alicyclic amines) is 1. The minimum Gasteiger partial charge on any atom is -0.343 e. The van der Waals surface area contributed by atoms with Gasteiger partial charge in [0.05, 0.1) is 10.8 Å². The van der Waals surface area contributed by atoms with Crippen molar-refractivity contribution in [1.29, 1.82) is 0 Å². The van der Waals surface area contributed by atoms with E-state index in [-0.39, 0.29) is 17.7 Å². The zero-order chi connectivity index (χ0) is 13.1. The maximum absolute atomic E-state index is 12.0. The fourth-order valence-corrected chi connectivity index (χ4v) is 2.84. The first kappa shape index (κ1) is 13.1. The van der Waals surface area contributed by atoms with Gasteiger partial charge < -0.3 is 9.80 Å². The Morgan fingerprint density at radius 1 is 1.39 bits per heavy atom. The molecule has 1 saturated heterocycles. The summed E-state index contributed by atoms with van der Waals surface area (Å²) in [5, 5.41) is 1.89. The summed E-state index contributed by atoms with van der Waals surface area (Å²) < 4.78 is 0. The van der Waals surface area contributed by atoms with E-state index in [2.05, 4.69) is 0 Å². The van der Waals surface area contributed by atoms with E-state index in [4.69, 9.17) is 0 Å². The first-order chi connectivity index (χ1) is 8.67. The van der Waals surface area contributed by atoms with E-state index in [0.717, 1.165) is 18.0 Å².